The van der Waals surface area contributed by atoms with E-state index in [1.54, 1.807) is 0 Å². The van der Waals surface area contributed by atoms with E-state index in [1.165, 1.54) is 20.3 Å². The fraction of sp³-hybridized carbons (Fsp3) is 0.333. The summed E-state index contributed by atoms with van der Waals surface area (Å²) in [6.45, 7) is -0.182. The Labute approximate surface area is 169 Å². The average molecular weight is 448 g/mol. The monoisotopic (exact) mass is 448 g/mol. The number of aromatic nitrogens is 2. The number of amides is 1. The molecule has 3 N–H and O–H groups in total. The number of sulfonamides is 1. The Morgan fingerprint density at radius 2 is 1.86 bits per heavy atom. The maximum absolute atomic E-state index is 13.4. The molecule has 0 saturated carbocycles. The van der Waals surface area contributed by atoms with Crippen LogP contribution in [0.4, 0.5) is 10.3 Å². The number of alkyl halides is 1. The second-order valence-corrected chi connectivity index (χ2v) is 7.87. The largest absolute Gasteiger partial charge is 0.481 e. The summed E-state index contributed by atoms with van der Waals surface area (Å²) in [6, 6.07) is 1.31. The smallest absolute Gasteiger partial charge is 0.303 e. The maximum atomic E-state index is 13.4. The molecule has 11 nitrogen and oxygen atoms in total. The highest BCUT2D eigenvalue weighted by molar-refractivity contribution is 7.93. The number of thiophene rings is 1. The molecule has 1 unspecified atom stereocenters. The summed E-state index contributed by atoms with van der Waals surface area (Å²) in [5, 5.41) is 1.13. The summed E-state index contributed by atoms with van der Waals surface area (Å²) in [6.07, 6.45) is -1.54. The zero-order valence-corrected chi connectivity index (χ0v) is 17.1. The molecule has 2 aromatic heterocycles. The number of hydrogen-bond donors (Lipinski definition) is 2. The number of anilines is 1. The van der Waals surface area contributed by atoms with Gasteiger partial charge >= 0.3 is 5.97 Å². The van der Waals surface area contributed by atoms with Gasteiger partial charge in [0.2, 0.25) is 17.7 Å². The van der Waals surface area contributed by atoms with E-state index >= 15 is 0 Å². The summed E-state index contributed by atoms with van der Waals surface area (Å²) >= 11 is 0.704. The van der Waals surface area contributed by atoms with Gasteiger partial charge in [-0.05, 0) is 0 Å². The number of rotatable bonds is 9. The summed E-state index contributed by atoms with van der Waals surface area (Å²) in [4.78, 5) is 29.8. The minimum absolute atomic E-state index is 0.00300. The lowest BCUT2D eigenvalue weighted by Crippen LogP contribution is -2.23. The van der Waals surface area contributed by atoms with Gasteiger partial charge < -0.3 is 19.9 Å². The van der Waals surface area contributed by atoms with Crippen LogP contribution in [0.2, 0.25) is 0 Å². The van der Waals surface area contributed by atoms with E-state index in [0.717, 1.165) is 12.3 Å². The lowest BCUT2D eigenvalue weighted by atomic mass is 10.2. The predicted molar refractivity (Wildman–Crippen MR) is 99.3 cm³/mol. The van der Waals surface area contributed by atoms with Crippen LogP contribution in [0.15, 0.2) is 16.3 Å². The van der Waals surface area contributed by atoms with Crippen LogP contribution in [0.3, 0.4) is 0 Å². The van der Waals surface area contributed by atoms with Gasteiger partial charge in [0.1, 0.15) is 11.6 Å². The fourth-order valence-corrected chi connectivity index (χ4v) is 5.00. The predicted octanol–water partition coefficient (Wildman–Crippen LogP) is 1.03. The molecule has 1 atom stereocenters. The molecule has 0 saturated heterocycles. The zero-order valence-electron chi connectivity index (χ0n) is 15.5. The zero-order chi connectivity index (χ0) is 21.8. The van der Waals surface area contributed by atoms with E-state index in [9.17, 15) is 22.4 Å². The van der Waals surface area contributed by atoms with Crippen LogP contribution in [-0.2, 0) is 19.6 Å². The molecule has 0 bridgehead atoms. The Morgan fingerprint density at radius 3 is 2.31 bits per heavy atom. The molecule has 2 rings (SSSR count). The quantitative estimate of drug-likeness (QED) is 0.534. The van der Waals surface area contributed by atoms with Crippen molar-refractivity contribution >= 4 is 39.2 Å². The number of esters is 1. The third kappa shape index (κ3) is 5.08. The lowest BCUT2D eigenvalue weighted by Gasteiger charge is -2.15. The number of methoxy groups -OCH3 is 2. The molecule has 0 radical (unpaired) electrons. The van der Waals surface area contributed by atoms with Crippen molar-refractivity contribution in [3.63, 3.8) is 0 Å². The number of ether oxygens (including phenoxy) is 3. The Morgan fingerprint density at radius 1 is 1.28 bits per heavy atom. The van der Waals surface area contributed by atoms with Crippen molar-refractivity contribution in [2.75, 3.05) is 25.6 Å². The number of nitrogens with two attached hydrogens (primary N) is 1. The van der Waals surface area contributed by atoms with Crippen molar-refractivity contribution in [1.82, 2.24) is 9.97 Å². The Hall–Kier alpha value is -3.00. The fourth-order valence-electron chi connectivity index (χ4n) is 2.22. The molecule has 0 aliphatic heterocycles. The van der Waals surface area contributed by atoms with Crippen LogP contribution in [-0.4, -0.2) is 51.2 Å². The number of nitrogens with one attached hydrogen (secondary N) is 1. The highest BCUT2D eigenvalue weighted by Gasteiger charge is 2.33. The van der Waals surface area contributed by atoms with Gasteiger partial charge in [-0.3, -0.25) is 9.59 Å². The van der Waals surface area contributed by atoms with Crippen LogP contribution in [0, 0.1) is 0 Å². The first-order valence-corrected chi connectivity index (χ1v) is 10.1. The van der Waals surface area contributed by atoms with Gasteiger partial charge in [-0.2, -0.15) is 9.97 Å². The molecular weight excluding hydrogens is 431 g/mol. The average Bonchev–Trinajstić information content (AvgIpc) is 3.11. The SMILES string of the molecule is COc1cc(OC)nc(NS(=O)(=O)c2c(C(N)=O)csc2C(CF)OC(C)=O)n1. The topological polar surface area (TPSA) is 160 Å². The number of nitrogens with zero attached hydrogens (tertiary/aromatic N) is 2. The highest BCUT2D eigenvalue weighted by atomic mass is 32.2. The van der Waals surface area contributed by atoms with Crippen molar-refractivity contribution in [1.29, 1.82) is 0 Å². The first-order chi connectivity index (χ1) is 13.6. The normalized spacial score (nSPS) is 12.1. The Kier molecular flexibility index (Phi) is 6.92. The second kappa shape index (κ2) is 9.00. The number of halogens is 1. The third-order valence-corrected chi connectivity index (χ3v) is 6.00. The Bertz CT molecular complexity index is 1000. The van der Waals surface area contributed by atoms with Crippen LogP contribution in [0.1, 0.15) is 28.3 Å². The molecular formula is C15H17FN4O7S2. The highest BCUT2D eigenvalue weighted by Crippen LogP contribution is 2.35. The van der Waals surface area contributed by atoms with Gasteiger partial charge in [-0.1, -0.05) is 0 Å². The van der Waals surface area contributed by atoms with Crippen LogP contribution >= 0.6 is 11.3 Å². The van der Waals surface area contributed by atoms with Gasteiger partial charge in [0.15, 0.2) is 6.10 Å². The lowest BCUT2D eigenvalue weighted by molar-refractivity contribution is -0.147. The van der Waals surface area contributed by atoms with Gasteiger partial charge in [0, 0.05) is 12.3 Å². The van der Waals surface area contributed by atoms with E-state index in [1.807, 2.05) is 0 Å². The minimum atomic E-state index is -4.55. The molecule has 1 amide bonds. The number of carbonyl (C=O) groups is 2. The van der Waals surface area contributed by atoms with Gasteiger partial charge in [-0.15, -0.1) is 11.3 Å². The Balaban J connectivity index is 2.58. The molecule has 14 heteroatoms. The van der Waals surface area contributed by atoms with Crippen molar-refractivity contribution in [2.24, 2.45) is 5.73 Å². The van der Waals surface area contributed by atoms with Gasteiger partial charge in [0.25, 0.3) is 15.9 Å². The molecule has 0 fully saturated rings. The van der Waals surface area contributed by atoms with Gasteiger partial charge in [0.05, 0.1) is 30.7 Å². The van der Waals surface area contributed by atoms with Gasteiger partial charge in [-0.25, -0.2) is 17.5 Å². The molecule has 2 aromatic rings. The molecule has 0 aliphatic carbocycles. The van der Waals surface area contributed by atoms with Crippen LogP contribution in [0.5, 0.6) is 11.8 Å². The maximum Gasteiger partial charge on any atom is 0.303 e. The summed E-state index contributed by atoms with van der Waals surface area (Å²) in [5.74, 6) is -2.34. The third-order valence-electron chi connectivity index (χ3n) is 3.37. The molecule has 0 aromatic carbocycles. The summed E-state index contributed by atoms with van der Waals surface area (Å²) < 4.78 is 56.2. The number of carbonyl (C=O) groups excluding carboxylic acids is 2. The van der Waals surface area contributed by atoms with Crippen molar-refractivity contribution < 1.29 is 36.6 Å². The number of primary amides is 1. The van der Waals surface area contributed by atoms with Crippen molar-refractivity contribution in [2.45, 2.75) is 17.9 Å². The molecule has 158 valence electrons. The van der Waals surface area contributed by atoms with E-state index in [2.05, 4.69) is 14.7 Å². The van der Waals surface area contributed by atoms with E-state index in [4.69, 9.17) is 19.9 Å². The van der Waals surface area contributed by atoms with E-state index in [0.29, 0.717) is 11.3 Å². The standard InChI is InChI=1S/C15H17FN4O7S2/c1-7(21)27-9(5-16)12-13(8(6-28-12)14(17)22)29(23,24)20-15-18-10(25-2)4-11(19-15)26-3/h4,6,9H,5H2,1-3H3,(H2,17,22)(H,18,19,20). The molecule has 2 heterocycles. The minimum Gasteiger partial charge on any atom is -0.481 e. The first kappa shape index (κ1) is 22.3. The molecule has 0 spiro atoms. The second-order valence-electron chi connectivity index (χ2n) is 5.34. The number of hydrogen-bond acceptors (Lipinski definition) is 10. The van der Waals surface area contributed by atoms with Crippen molar-refractivity contribution in [3.8, 4) is 11.8 Å². The van der Waals surface area contributed by atoms with E-state index < -0.39 is 51.1 Å². The van der Waals surface area contributed by atoms with E-state index in [-0.39, 0.29) is 16.6 Å². The van der Waals surface area contributed by atoms with Crippen LogP contribution in [0.25, 0.3) is 0 Å². The summed E-state index contributed by atoms with van der Waals surface area (Å²) in [7, 11) is -1.95. The molecule has 0 aliphatic rings. The first-order valence-electron chi connectivity index (χ1n) is 7.77. The van der Waals surface area contributed by atoms with Crippen LogP contribution < -0.4 is 19.9 Å². The van der Waals surface area contributed by atoms with Crippen molar-refractivity contribution in [3.05, 3.63) is 21.9 Å². The summed E-state index contributed by atoms with van der Waals surface area (Å²) in [5.41, 5.74) is 4.85. The molecule has 29 heavy (non-hydrogen) atoms.